The Morgan fingerprint density at radius 3 is 2.19 bits per heavy atom. The van der Waals surface area contributed by atoms with E-state index in [1.54, 1.807) is 35.2 Å². The molecule has 6 rings (SSSR count). The molecule has 15 nitrogen and oxygen atoms in total. The van der Waals surface area contributed by atoms with Crippen LogP contribution in [0.25, 0.3) is 22.5 Å². The monoisotopic (exact) mass is 798 g/mol. The summed E-state index contributed by atoms with van der Waals surface area (Å²) in [6, 6.07) is 19.4. The lowest BCUT2D eigenvalue weighted by Gasteiger charge is -2.29. The molecule has 16 heteroatoms. The number of aryl methyl sites for hydroxylation is 1. The molecule has 2 fully saturated rings. The Bertz CT molecular complexity index is 2150. The molecule has 2 aliphatic rings. The number of hydrogen-bond acceptors (Lipinski definition) is 10. The lowest BCUT2D eigenvalue weighted by molar-refractivity contribution is -0.130. The number of sulfone groups is 1. The Kier molecular flexibility index (Phi) is 12.7. The molecule has 0 unspecified atom stereocenters. The first kappa shape index (κ1) is 41.0. The molecule has 3 aromatic carbocycles. The van der Waals surface area contributed by atoms with Gasteiger partial charge in [-0.3, -0.25) is 14.4 Å². The van der Waals surface area contributed by atoms with Crippen LogP contribution < -0.4 is 16.0 Å². The van der Waals surface area contributed by atoms with Crippen LogP contribution in [0.15, 0.2) is 66.7 Å². The molecule has 2 heterocycles. The number of tetrazole rings is 1. The van der Waals surface area contributed by atoms with Gasteiger partial charge in [0.15, 0.2) is 9.84 Å². The summed E-state index contributed by atoms with van der Waals surface area (Å²) in [5.41, 5.74) is 4.78. The maximum atomic E-state index is 13.8. The van der Waals surface area contributed by atoms with E-state index in [0.717, 1.165) is 40.7 Å². The third-order valence-corrected chi connectivity index (χ3v) is 12.0. The number of anilines is 1. The molecule has 1 aliphatic heterocycles. The molecule has 1 atom stereocenters. The lowest BCUT2D eigenvalue weighted by Crippen LogP contribution is -2.48. The average Bonchev–Trinajstić information content (AvgIpc) is 3.72. The van der Waals surface area contributed by atoms with Crippen LogP contribution in [-0.4, -0.2) is 101 Å². The van der Waals surface area contributed by atoms with Crippen LogP contribution in [0.5, 0.6) is 0 Å². The molecule has 0 spiro atoms. The summed E-state index contributed by atoms with van der Waals surface area (Å²) >= 11 is 0. The summed E-state index contributed by atoms with van der Waals surface area (Å²) in [5.74, 6) is -0.405. The lowest BCUT2D eigenvalue weighted by atomic mass is 9.81. The fourth-order valence-corrected chi connectivity index (χ4v) is 8.36. The predicted molar refractivity (Wildman–Crippen MR) is 215 cm³/mol. The molecule has 1 aliphatic carbocycles. The van der Waals surface area contributed by atoms with Crippen LogP contribution in [0.2, 0.25) is 0 Å². The number of carbonyl (C=O) groups excluding carboxylic acids is 4. The van der Waals surface area contributed by atoms with Crippen molar-refractivity contribution < 1.29 is 32.3 Å². The van der Waals surface area contributed by atoms with Crippen LogP contribution in [-0.2, 0) is 30.6 Å². The molecule has 1 saturated carbocycles. The first-order valence-corrected chi connectivity index (χ1v) is 21.1. The zero-order chi connectivity index (χ0) is 40.7. The van der Waals surface area contributed by atoms with Crippen LogP contribution in [0.4, 0.5) is 10.5 Å². The van der Waals surface area contributed by atoms with Crippen molar-refractivity contribution in [3.63, 3.8) is 0 Å². The van der Waals surface area contributed by atoms with E-state index in [1.165, 1.54) is 0 Å². The highest BCUT2D eigenvalue weighted by Crippen LogP contribution is 2.30. The Balaban J connectivity index is 1.11. The highest BCUT2D eigenvalue weighted by Gasteiger charge is 2.31. The molecule has 0 bridgehead atoms. The maximum Gasteiger partial charge on any atom is 0.407 e. The van der Waals surface area contributed by atoms with Crippen molar-refractivity contribution in [3.8, 4) is 22.5 Å². The van der Waals surface area contributed by atoms with E-state index in [4.69, 9.17) is 4.74 Å². The van der Waals surface area contributed by atoms with Gasteiger partial charge in [-0.2, -0.15) is 5.21 Å². The molecule has 1 aromatic heterocycles. The van der Waals surface area contributed by atoms with E-state index >= 15 is 0 Å². The number of aromatic amines is 1. The normalized spacial score (nSPS) is 18.6. The molecule has 57 heavy (non-hydrogen) atoms. The number of ether oxygens (including phenoxy) is 1. The summed E-state index contributed by atoms with van der Waals surface area (Å²) in [4.78, 5) is 54.4. The van der Waals surface area contributed by atoms with Gasteiger partial charge in [0.05, 0.1) is 11.5 Å². The number of benzene rings is 3. The maximum absolute atomic E-state index is 13.8. The number of nitrogens with one attached hydrogen (secondary N) is 4. The van der Waals surface area contributed by atoms with Gasteiger partial charge in [0, 0.05) is 48.8 Å². The summed E-state index contributed by atoms with van der Waals surface area (Å²) in [7, 11) is -3.10. The van der Waals surface area contributed by atoms with Gasteiger partial charge in [0.1, 0.15) is 11.6 Å². The van der Waals surface area contributed by atoms with Crippen LogP contribution >= 0.6 is 0 Å². The second kappa shape index (κ2) is 17.7. The molecule has 4 aromatic rings. The average molecular weight is 799 g/mol. The van der Waals surface area contributed by atoms with Crippen LogP contribution in [0.1, 0.15) is 67.9 Å². The molecule has 302 valence electrons. The van der Waals surface area contributed by atoms with Gasteiger partial charge in [-0.05, 0) is 123 Å². The molecule has 4 amide bonds. The van der Waals surface area contributed by atoms with Gasteiger partial charge in [-0.15, -0.1) is 10.2 Å². The number of amides is 4. The molecule has 4 N–H and O–H groups in total. The number of hydrogen-bond donors (Lipinski definition) is 4. The van der Waals surface area contributed by atoms with Gasteiger partial charge in [-0.1, -0.05) is 30.3 Å². The van der Waals surface area contributed by atoms with E-state index in [-0.39, 0.29) is 60.6 Å². The fraction of sp³-hybridized carbons (Fsp3) is 0.439. The second-order valence-electron chi connectivity index (χ2n) is 15.8. The summed E-state index contributed by atoms with van der Waals surface area (Å²) < 4.78 is 29.0. The zero-order valence-electron chi connectivity index (χ0n) is 32.7. The molecular formula is C41H50N8O7S. The Labute approximate surface area is 332 Å². The fourth-order valence-electron chi connectivity index (χ4n) is 7.16. The summed E-state index contributed by atoms with van der Waals surface area (Å²) in [6.45, 7) is 8.23. The Morgan fingerprint density at radius 2 is 1.58 bits per heavy atom. The van der Waals surface area contributed by atoms with E-state index in [2.05, 4.69) is 36.6 Å². The Morgan fingerprint density at radius 1 is 0.912 bits per heavy atom. The third-order valence-electron chi connectivity index (χ3n) is 10.4. The van der Waals surface area contributed by atoms with E-state index in [9.17, 15) is 27.6 Å². The van der Waals surface area contributed by atoms with E-state index < -0.39 is 27.6 Å². The molecule has 0 radical (unpaired) electrons. The predicted octanol–water partition coefficient (Wildman–Crippen LogP) is 4.71. The van der Waals surface area contributed by atoms with Crippen LogP contribution in [0, 0.1) is 18.8 Å². The van der Waals surface area contributed by atoms with Gasteiger partial charge < -0.3 is 25.6 Å². The number of alkyl carbamates (subject to hydrolysis) is 1. The standard InChI is InChI=1S/C41H50N8O7S/c1-26-23-32(39(52)49-19-21-57(54,55)22-20-49)15-18-34(26)29-9-5-27(6-10-29)24-35(38(51)43-33-16-13-30(14-17-33)36-45-47-48-46-36)44-37(50)31-11-7-28(8-12-31)25-42-40(53)56-41(2,3)4/h5-6,9-10,13-18,23,28,31,35H,7-8,11-12,19-22,24-25H2,1-4H3,(H,42,53)(H,43,51)(H,44,50)(H,45,46,47,48)/t28?,31?,35-/m0/s1. The minimum Gasteiger partial charge on any atom is -0.444 e. The molecular weight excluding hydrogens is 749 g/mol. The number of H-pyrrole nitrogens is 1. The summed E-state index contributed by atoms with van der Waals surface area (Å²) in [5, 5.41) is 22.8. The highest BCUT2D eigenvalue weighted by atomic mass is 32.2. The number of aromatic nitrogens is 4. The topological polar surface area (TPSA) is 205 Å². The van der Waals surface area contributed by atoms with Gasteiger partial charge in [0.2, 0.25) is 17.6 Å². The summed E-state index contributed by atoms with van der Waals surface area (Å²) in [6.07, 6.45) is 2.58. The van der Waals surface area contributed by atoms with Crippen molar-refractivity contribution in [2.45, 2.75) is 71.4 Å². The molecule has 1 saturated heterocycles. The van der Waals surface area contributed by atoms with Crippen LogP contribution in [0.3, 0.4) is 0 Å². The number of nitrogens with zero attached hydrogens (tertiary/aromatic N) is 4. The number of rotatable bonds is 11. The minimum absolute atomic E-state index is 0.0261. The first-order chi connectivity index (χ1) is 27.1. The first-order valence-electron chi connectivity index (χ1n) is 19.2. The van der Waals surface area contributed by atoms with Gasteiger partial charge in [-0.25, -0.2) is 13.2 Å². The largest absolute Gasteiger partial charge is 0.444 e. The second-order valence-corrected chi connectivity index (χ2v) is 18.1. The smallest absolute Gasteiger partial charge is 0.407 e. The van der Waals surface area contributed by atoms with Crippen molar-refractivity contribution in [1.82, 2.24) is 36.2 Å². The highest BCUT2D eigenvalue weighted by molar-refractivity contribution is 7.91. The quantitative estimate of drug-likeness (QED) is 0.165. The van der Waals surface area contributed by atoms with Gasteiger partial charge in [0.25, 0.3) is 5.91 Å². The van der Waals surface area contributed by atoms with E-state index in [1.807, 2.05) is 64.1 Å². The van der Waals surface area contributed by atoms with Gasteiger partial charge >= 0.3 is 6.09 Å². The van der Waals surface area contributed by atoms with E-state index in [0.29, 0.717) is 36.5 Å². The Hall–Kier alpha value is -5.64. The SMILES string of the molecule is Cc1cc(C(=O)N2CCS(=O)(=O)CC2)ccc1-c1ccc(C[C@H](NC(=O)C2CCC(CNC(=O)OC(C)(C)C)CC2)C(=O)Nc2ccc(-c3nn[nH]n3)cc2)cc1. The zero-order valence-corrected chi connectivity index (χ0v) is 33.5. The number of carbonyl (C=O) groups is 4. The van der Waals surface area contributed by atoms with Crippen molar-refractivity contribution >= 4 is 39.3 Å². The third kappa shape index (κ3) is 11.2. The van der Waals surface area contributed by atoms with Crippen molar-refractivity contribution in [2.75, 3.05) is 36.5 Å². The minimum atomic E-state index is -3.10. The van der Waals surface area contributed by atoms with Crippen molar-refractivity contribution in [3.05, 3.63) is 83.4 Å². The van der Waals surface area contributed by atoms with Crippen molar-refractivity contribution in [1.29, 1.82) is 0 Å². The van der Waals surface area contributed by atoms with Crippen molar-refractivity contribution in [2.24, 2.45) is 11.8 Å².